The predicted octanol–water partition coefficient (Wildman–Crippen LogP) is 3.02. The van der Waals surface area contributed by atoms with Gasteiger partial charge in [-0.2, -0.15) is 0 Å². The van der Waals surface area contributed by atoms with E-state index < -0.39 is 0 Å². The second kappa shape index (κ2) is 10.9. The van der Waals surface area contributed by atoms with Crippen LogP contribution < -0.4 is 15.4 Å². The van der Waals surface area contributed by atoms with Crippen molar-refractivity contribution < 1.29 is 14.3 Å². The van der Waals surface area contributed by atoms with Gasteiger partial charge in [0.1, 0.15) is 17.5 Å². The molecule has 184 valence electrons. The summed E-state index contributed by atoms with van der Waals surface area (Å²) in [6.07, 6.45) is 1.79. The maximum absolute atomic E-state index is 12.3. The van der Waals surface area contributed by atoms with Gasteiger partial charge in [0.15, 0.2) is 0 Å². The first kappa shape index (κ1) is 23.3. The number of benzene rings is 2. The van der Waals surface area contributed by atoms with Gasteiger partial charge >= 0.3 is 6.03 Å². The van der Waals surface area contributed by atoms with E-state index in [1.807, 2.05) is 59.3 Å². The summed E-state index contributed by atoms with van der Waals surface area (Å²) in [4.78, 5) is 14.6. The first-order chi connectivity index (χ1) is 17.2. The fourth-order valence-electron chi connectivity index (χ4n) is 4.67. The van der Waals surface area contributed by atoms with Crippen LogP contribution in [0.15, 0.2) is 54.6 Å². The molecule has 2 aliphatic rings. The van der Waals surface area contributed by atoms with Crippen LogP contribution in [0, 0.1) is 0 Å². The van der Waals surface area contributed by atoms with Gasteiger partial charge in [0.2, 0.25) is 0 Å². The molecule has 9 nitrogen and oxygen atoms in total. The Morgan fingerprint density at radius 1 is 1.11 bits per heavy atom. The van der Waals surface area contributed by atoms with Crippen LogP contribution in [-0.2, 0) is 31.0 Å². The van der Waals surface area contributed by atoms with Gasteiger partial charge in [-0.15, -0.1) is 5.10 Å². The van der Waals surface area contributed by atoms with Crippen LogP contribution in [0.1, 0.15) is 41.5 Å². The first-order valence-corrected chi connectivity index (χ1v) is 12.2. The molecular weight excluding hydrogens is 444 g/mol. The number of piperidine rings is 1. The van der Waals surface area contributed by atoms with E-state index in [1.54, 1.807) is 7.11 Å². The Kier molecular flexibility index (Phi) is 7.25. The van der Waals surface area contributed by atoms with Crippen molar-refractivity contribution in [2.75, 3.05) is 20.2 Å². The number of nitrogens with one attached hydrogen (secondary N) is 2. The molecule has 1 aromatic heterocycles. The summed E-state index contributed by atoms with van der Waals surface area (Å²) in [6.45, 7) is 4.25. The number of aromatic nitrogens is 3. The number of rotatable bonds is 7. The lowest BCUT2D eigenvalue weighted by Crippen LogP contribution is -2.47. The van der Waals surface area contributed by atoms with Gasteiger partial charge < -0.3 is 20.1 Å². The quantitative estimate of drug-likeness (QED) is 0.545. The van der Waals surface area contributed by atoms with Crippen molar-refractivity contribution in [2.24, 2.45) is 0 Å². The molecule has 3 heterocycles. The van der Waals surface area contributed by atoms with E-state index in [4.69, 9.17) is 9.47 Å². The minimum Gasteiger partial charge on any atom is -0.497 e. The molecule has 0 bridgehead atoms. The summed E-state index contributed by atoms with van der Waals surface area (Å²) in [7, 11) is 1.66. The van der Waals surface area contributed by atoms with E-state index >= 15 is 0 Å². The largest absolute Gasteiger partial charge is 0.497 e. The highest BCUT2D eigenvalue weighted by Crippen LogP contribution is 2.28. The molecular formula is C26H32N6O3. The number of ether oxygens (including phenoxy) is 2. The summed E-state index contributed by atoms with van der Waals surface area (Å²) >= 11 is 0. The third-order valence-corrected chi connectivity index (χ3v) is 6.76. The van der Waals surface area contributed by atoms with Crippen LogP contribution in [0.25, 0.3) is 0 Å². The standard InChI is InChI=1S/C26H32N6O3/c1-34-22-9-7-20(8-10-22)25-17-32-24(18-35-25)23(29-30-32)16-31-13-11-21(12-14-31)28-26(33)27-15-19-5-3-2-4-6-19/h2-10,21,25H,11-18H2,1H3,(H2,27,28,33)/t25-/m0/s1. The van der Waals surface area contributed by atoms with E-state index in [0.29, 0.717) is 19.7 Å². The van der Waals surface area contributed by atoms with Gasteiger partial charge in [0.25, 0.3) is 0 Å². The molecule has 0 saturated carbocycles. The summed E-state index contributed by atoms with van der Waals surface area (Å²) in [5.74, 6) is 0.833. The monoisotopic (exact) mass is 476 g/mol. The Morgan fingerprint density at radius 2 is 1.89 bits per heavy atom. The second-order valence-corrected chi connectivity index (χ2v) is 9.10. The second-order valence-electron chi connectivity index (χ2n) is 9.10. The summed E-state index contributed by atoms with van der Waals surface area (Å²) < 4.78 is 13.4. The highest BCUT2D eigenvalue weighted by atomic mass is 16.5. The Hall–Kier alpha value is -3.43. The zero-order valence-electron chi connectivity index (χ0n) is 20.0. The topological polar surface area (TPSA) is 93.5 Å². The normalized spacial score (nSPS) is 18.6. The molecule has 3 aromatic rings. The van der Waals surface area contributed by atoms with E-state index in [2.05, 4.69) is 25.8 Å². The van der Waals surface area contributed by atoms with Gasteiger partial charge in [-0.05, 0) is 36.1 Å². The van der Waals surface area contributed by atoms with Crippen molar-refractivity contribution in [3.05, 3.63) is 77.1 Å². The number of amides is 2. The lowest BCUT2D eigenvalue weighted by atomic mass is 10.0. The fourth-order valence-corrected chi connectivity index (χ4v) is 4.67. The van der Waals surface area contributed by atoms with E-state index in [0.717, 1.165) is 60.7 Å². The van der Waals surface area contributed by atoms with Crippen LogP contribution in [0.3, 0.4) is 0 Å². The van der Waals surface area contributed by atoms with Gasteiger partial charge in [-0.25, -0.2) is 9.48 Å². The molecule has 0 unspecified atom stereocenters. The lowest BCUT2D eigenvalue weighted by molar-refractivity contribution is -0.00218. The molecule has 0 aliphatic carbocycles. The van der Waals surface area contributed by atoms with Crippen LogP contribution in [0.5, 0.6) is 5.75 Å². The minimum absolute atomic E-state index is 0.0437. The molecule has 2 aliphatic heterocycles. The Balaban J connectivity index is 1.08. The third-order valence-electron chi connectivity index (χ3n) is 6.76. The number of carbonyl (C=O) groups is 1. The van der Waals surface area contributed by atoms with Crippen molar-refractivity contribution in [3.63, 3.8) is 0 Å². The average Bonchev–Trinajstić information content (AvgIpc) is 3.31. The molecule has 1 saturated heterocycles. The molecule has 2 N–H and O–H groups in total. The fraction of sp³-hybridized carbons (Fsp3) is 0.423. The van der Waals surface area contributed by atoms with E-state index in [1.165, 1.54) is 0 Å². The number of likely N-dealkylation sites (tertiary alicyclic amines) is 1. The van der Waals surface area contributed by atoms with Crippen molar-refractivity contribution in [2.45, 2.75) is 51.2 Å². The Morgan fingerprint density at radius 3 is 2.63 bits per heavy atom. The molecule has 2 aromatic carbocycles. The number of hydrogen-bond donors (Lipinski definition) is 2. The number of carbonyl (C=O) groups excluding carboxylic acids is 1. The third kappa shape index (κ3) is 5.80. The molecule has 0 spiro atoms. The molecule has 5 rings (SSSR count). The lowest BCUT2D eigenvalue weighted by Gasteiger charge is -2.32. The van der Waals surface area contributed by atoms with Crippen LogP contribution in [0.2, 0.25) is 0 Å². The zero-order valence-corrected chi connectivity index (χ0v) is 20.0. The number of fused-ring (bicyclic) bond motifs is 1. The number of urea groups is 1. The van der Waals surface area contributed by atoms with Gasteiger partial charge in [0.05, 0.1) is 26.0 Å². The van der Waals surface area contributed by atoms with Crippen LogP contribution in [0.4, 0.5) is 4.79 Å². The Bertz CT molecular complexity index is 1110. The molecule has 35 heavy (non-hydrogen) atoms. The number of nitrogens with zero attached hydrogens (tertiary/aromatic N) is 4. The number of hydrogen-bond acceptors (Lipinski definition) is 6. The summed E-state index contributed by atoms with van der Waals surface area (Å²) in [5, 5.41) is 14.9. The minimum atomic E-state index is -0.108. The molecule has 2 amide bonds. The van der Waals surface area contributed by atoms with Crippen LogP contribution >= 0.6 is 0 Å². The predicted molar refractivity (Wildman–Crippen MR) is 131 cm³/mol. The van der Waals surface area contributed by atoms with Crippen molar-refractivity contribution >= 4 is 6.03 Å². The highest BCUT2D eigenvalue weighted by Gasteiger charge is 2.27. The van der Waals surface area contributed by atoms with Gasteiger partial charge in [-0.3, -0.25) is 4.90 Å². The smallest absolute Gasteiger partial charge is 0.315 e. The van der Waals surface area contributed by atoms with Gasteiger partial charge in [-0.1, -0.05) is 47.7 Å². The maximum atomic E-state index is 12.3. The first-order valence-electron chi connectivity index (χ1n) is 12.2. The summed E-state index contributed by atoms with van der Waals surface area (Å²) in [6, 6.07) is 18.0. The Labute approximate surface area is 205 Å². The SMILES string of the molecule is COc1ccc([C@@H]2Cn3nnc(CN4CCC(NC(=O)NCc5ccccc5)CC4)c3CO2)cc1. The van der Waals surface area contributed by atoms with Crippen LogP contribution in [-0.4, -0.2) is 52.2 Å². The molecule has 1 fully saturated rings. The molecule has 1 atom stereocenters. The van der Waals surface area contributed by atoms with E-state index in [9.17, 15) is 4.79 Å². The van der Waals surface area contributed by atoms with Crippen molar-refractivity contribution in [1.29, 1.82) is 0 Å². The van der Waals surface area contributed by atoms with Crippen molar-refractivity contribution in [1.82, 2.24) is 30.5 Å². The molecule has 9 heteroatoms. The summed E-state index contributed by atoms with van der Waals surface area (Å²) in [5.41, 5.74) is 4.23. The molecule has 0 radical (unpaired) electrons. The maximum Gasteiger partial charge on any atom is 0.315 e. The zero-order chi connectivity index (χ0) is 24.0. The highest BCUT2D eigenvalue weighted by molar-refractivity contribution is 5.74. The van der Waals surface area contributed by atoms with Gasteiger partial charge in [0, 0.05) is 32.2 Å². The van der Waals surface area contributed by atoms with E-state index in [-0.39, 0.29) is 18.2 Å². The average molecular weight is 477 g/mol. The number of methoxy groups -OCH3 is 1. The van der Waals surface area contributed by atoms with Crippen molar-refractivity contribution in [3.8, 4) is 5.75 Å².